The van der Waals surface area contributed by atoms with Crippen LogP contribution in [0.15, 0.2) is 22.7 Å². The molecule has 0 unspecified atom stereocenters. The van der Waals surface area contributed by atoms with E-state index < -0.39 is 0 Å². The van der Waals surface area contributed by atoms with Crippen LogP contribution in [0.2, 0.25) is 0 Å². The van der Waals surface area contributed by atoms with E-state index in [1.807, 2.05) is 6.07 Å². The highest BCUT2D eigenvalue weighted by molar-refractivity contribution is 9.10. The van der Waals surface area contributed by atoms with E-state index in [2.05, 4.69) is 60.7 Å². The van der Waals surface area contributed by atoms with E-state index in [1.54, 1.807) is 0 Å². The van der Waals surface area contributed by atoms with Gasteiger partial charge in [0, 0.05) is 12.1 Å². The highest BCUT2D eigenvalue weighted by atomic mass is 79.9. The molecule has 0 saturated carbocycles. The third-order valence-corrected chi connectivity index (χ3v) is 3.31. The molecule has 0 aliphatic carbocycles. The average molecular weight is 300 g/mol. The smallest absolute Gasteiger partial charge is 0.138 e. The van der Waals surface area contributed by atoms with Crippen LogP contribution in [0.4, 0.5) is 0 Å². The molecule has 0 amide bonds. The van der Waals surface area contributed by atoms with Crippen LogP contribution in [0.5, 0.6) is 5.75 Å². The van der Waals surface area contributed by atoms with Crippen LogP contribution in [0.1, 0.15) is 33.3 Å². The number of rotatable bonds is 6. The maximum atomic E-state index is 5.89. The van der Waals surface area contributed by atoms with E-state index in [0.29, 0.717) is 0 Å². The van der Waals surface area contributed by atoms with Gasteiger partial charge >= 0.3 is 0 Å². The summed E-state index contributed by atoms with van der Waals surface area (Å²) in [7, 11) is 0. The van der Waals surface area contributed by atoms with Gasteiger partial charge in [0.1, 0.15) is 5.75 Å². The fourth-order valence-electron chi connectivity index (χ4n) is 1.73. The van der Waals surface area contributed by atoms with Gasteiger partial charge in [-0.15, -0.1) is 0 Å². The molecule has 0 fully saturated rings. The first kappa shape index (κ1) is 14.5. The summed E-state index contributed by atoms with van der Waals surface area (Å²) in [4.78, 5) is 2.38. The molecule has 1 rings (SSSR count). The van der Waals surface area contributed by atoms with E-state index in [9.17, 15) is 0 Å². The van der Waals surface area contributed by atoms with E-state index in [-0.39, 0.29) is 6.10 Å². The van der Waals surface area contributed by atoms with Crippen molar-refractivity contribution in [3.63, 3.8) is 0 Å². The second kappa shape index (κ2) is 7.02. The van der Waals surface area contributed by atoms with Gasteiger partial charge in [0.05, 0.1) is 10.6 Å². The van der Waals surface area contributed by atoms with Crippen LogP contribution >= 0.6 is 15.9 Å². The van der Waals surface area contributed by atoms with Crippen molar-refractivity contribution < 1.29 is 4.74 Å². The molecule has 0 aliphatic heterocycles. The minimum atomic E-state index is 0.198. The normalized spacial score (nSPS) is 11.2. The van der Waals surface area contributed by atoms with E-state index in [0.717, 1.165) is 29.9 Å². The molecule has 0 spiro atoms. The Labute approximate surface area is 113 Å². The fourth-order valence-corrected chi connectivity index (χ4v) is 2.23. The minimum absolute atomic E-state index is 0.198. The highest BCUT2D eigenvalue weighted by Crippen LogP contribution is 2.30. The van der Waals surface area contributed by atoms with Crippen LogP contribution < -0.4 is 4.74 Å². The van der Waals surface area contributed by atoms with Crippen molar-refractivity contribution in [3.05, 3.63) is 28.2 Å². The van der Waals surface area contributed by atoms with Crippen molar-refractivity contribution in [1.82, 2.24) is 4.90 Å². The fraction of sp³-hybridized carbons (Fsp3) is 0.571. The standard InChI is InChI=1S/C14H22BrNO/c1-5-16(6-2)10-12-8-7-9-13(15)14(12)17-11(3)4/h7-9,11H,5-6,10H2,1-4H3. The van der Waals surface area contributed by atoms with Crippen LogP contribution in [0, 0.1) is 0 Å². The monoisotopic (exact) mass is 299 g/mol. The Hall–Kier alpha value is -0.540. The van der Waals surface area contributed by atoms with Crippen molar-refractivity contribution in [2.75, 3.05) is 13.1 Å². The number of hydrogen-bond acceptors (Lipinski definition) is 2. The van der Waals surface area contributed by atoms with E-state index >= 15 is 0 Å². The Morgan fingerprint density at radius 1 is 1.24 bits per heavy atom. The summed E-state index contributed by atoms with van der Waals surface area (Å²) in [5.74, 6) is 0.981. The van der Waals surface area contributed by atoms with Gasteiger partial charge in [-0.25, -0.2) is 0 Å². The highest BCUT2D eigenvalue weighted by Gasteiger charge is 2.11. The van der Waals surface area contributed by atoms with Crippen molar-refractivity contribution in [2.24, 2.45) is 0 Å². The number of nitrogens with zero attached hydrogens (tertiary/aromatic N) is 1. The van der Waals surface area contributed by atoms with Gasteiger partial charge in [-0.3, -0.25) is 4.90 Å². The van der Waals surface area contributed by atoms with Gasteiger partial charge in [0.25, 0.3) is 0 Å². The number of hydrogen-bond donors (Lipinski definition) is 0. The lowest BCUT2D eigenvalue weighted by atomic mass is 10.2. The Bertz CT molecular complexity index is 348. The van der Waals surface area contributed by atoms with E-state index in [1.165, 1.54) is 5.56 Å². The predicted octanol–water partition coefficient (Wildman–Crippen LogP) is 4.08. The zero-order valence-corrected chi connectivity index (χ0v) is 12.8. The molecule has 0 aromatic heterocycles. The molecule has 1 aromatic rings. The summed E-state index contributed by atoms with van der Waals surface area (Å²) in [5, 5.41) is 0. The molecule has 0 heterocycles. The maximum absolute atomic E-state index is 5.89. The van der Waals surface area contributed by atoms with Crippen LogP contribution in [-0.2, 0) is 6.54 Å². The maximum Gasteiger partial charge on any atom is 0.138 e. The third kappa shape index (κ3) is 4.32. The predicted molar refractivity (Wildman–Crippen MR) is 76.5 cm³/mol. The molecule has 1 aromatic carbocycles. The summed E-state index contributed by atoms with van der Waals surface area (Å²) < 4.78 is 6.93. The molecule has 0 atom stereocenters. The summed E-state index contributed by atoms with van der Waals surface area (Å²) >= 11 is 3.57. The Morgan fingerprint density at radius 3 is 2.41 bits per heavy atom. The Kier molecular flexibility index (Phi) is 6.00. The molecular formula is C14H22BrNO. The summed E-state index contributed by atoms with van der Waals surface area (Å²) in [5.41, 5.74) is 1.25. The zero-order chi connectivity index (χ0) is 12.8. The molecule has 3 heteroatoms. The molecule has 0 aliphatic rings. The summed E-state index contributed by atoms with van der Waals surface area (Å²) in [6.07, 6.45) is 0.198. The molecule has 0 radical (unpaired) electrons. The van der Waals surface area contributed by atoms with Crippen molar-refractivity contribution >= 4 is 15.9 Å². The summed E-state index contributed by atoms with van der Waals surface area (Å²) in [6, 6.07) is 6.24. The Balaban J connectivity index is 2.93. The lowest BCUT2D eigenvalue weighted by Gasteiger charge is -2.22. The first-order valence-corrected chi connectivity index (χ1v) is 7.04. The van der Waals surface area contributed by atoms with Crippen LogP contribution in [0.3, 0.4) is 0 Å². The Morgan fingerprint density at radius 2 is 1.88 bits per heavy atom. The first-order chi connectivity index (χ1) is 8.08. The molecule has 0 N–H and O–H groups in total. The van der Waals surface area contributed by atoms with Gasteiger partial charge in [-0.05, 0) is 48.9 Å². The second-order valence-corrected chi connectivity index (χ2v) is 5.21. The topological polar surface area (TPSA) is 12.5 Å². The van der Waals surface area contributed by atoms with Crippen LogP contribution in [-0.4, -0.2) is 24.1 Å². The van der Waals surface area contributed by atoms with Crippen molar-refractivity contribution in [2.45, 2.75) is 40.3 Å². The molecule has 96 valence electrons. The van der Waals surface area contributed by atoms with Gasteiger partial charge in [-0.1, -0.05) is 26.0 Å². The lowest BCUT2D eigenvalue weighted by Crippen LogP contribution is -2.23. The third-order valence-electron chi connectivity index (χ3n) is 2.69. The van der Waals surface area contributed by atoms with Gasteiger partial charge in [-0.2, -0.15) is 0 Å². The lowest BCUT2D eigenvalue weighted by molar-refractivity contribution is 0.230. The van der Waals surface area contributed by atoms with Gasteiger partial charge < -0.3 is 4.74 Å². The number of halogens is 1. The SMILES string of the molecule is CCN(CC)Cc1cccc(Br)c1OC(C)C. The van der Waals surface area contributed by atoms with Crippen LogP contribution in [0.25, 0.3) is 0 Å². The minimum Gasteiger partial charge on any atom is -0.489 e. The van der Waals surface area contributed by atoms with Gasteiger partial charge in [0.15, 0.2) is 0 Å². The molecule has 2 nitrogen and oxygen atoms in total. The molecular weight excluding hydrogens is 278 g/mol. The van der Waals surface area contributed by atoms with Gasteiger partial charge in [0.2, 0.25) is 0 Å². The van der Waals surface area contributed by atoms with Crippen molar-refractivity contribution in [1.29, 1.82) is 0 Å². The number of para-hydroxylation sites is 1. The first-order valence-electron chi connectivity index (χ1n) is 6.24. The summed E-state index contributed by atoms with van der Waals surface area (Å²) in [6.45, 7) is 11.5. The average Bonchev–Trinajstić information content (AvgIpc) is 2.29. The molecule has 17 heavy (non-hydrogen) atoms. The second-order valence-electron chi connectivity index (χ2n) is 4.36. The number of benzene rings is 1. The number of ether oxygens (including phenoxy) is 1. The largest absolute Gasteiger partial charge is 0.489 e. The quantitative estimate of drug-likeness (QED) is 0.785. The van der Waals surface area contributed by atoms with Crippen molar-refractivity contribution in [3.8, 4) is 5.75 Å². The zero-order valence-electron chi connectivity index (χ0n) is 11.2. The molecule has 0 saturated heterocycles. The molecule has 0 bridgehead atoms. The van der Waals surface area contributed by atoms with E-state index in [4.69, 9.17) is 4.74 Å².